The highest BCUT2D eigenvalue weighted by atomic mass is 19.1. The Balaban J connectivity index is 1.39. The van der Waals surface area contributed by atoms with Gasteiger partial charge in [-0.3, -0.25) is 0 Å². The molecule has 46 heavy (non-hydrogen) atoms. The van der Waals surface area contributed by atoms with Crippen LogP contribution in [0.4, 0.5) is 4.39 Å². The van der Waals surface area contributed by atoms with Gasteiger partial charge in [0.15, 0.2) is 5.84 Å². The summed E-state index contributed by atoms with van der Waals surface area (Å²) in [6.45, 7) is 8.48. The van der Waals surface area contributed by atoms with Crippen molar-refractivity contribution >= 4 is 17.2 Å². The first-order chi connectivity index (χ1) is 22.5. The molecule has 0 amide bonds. The minimum atomic E-state index is -0.241. The SMILES string of the molecule is C=C(N=C(N=C(C)c1ccccc1)c1ccccc1)c1ccc(-c2ccccc2C(c2ccccc2)c2ccc(F)cc2)c(C)c1. The van der Waals surface area contributed by atoms with Crippen LogP contribution in [0.15, 0.2) is 174 Å². The van der Waals surface area contributed by atoms with Gasteiger partial charge in [-0.15, -0.1) is 0 Å². The number of amidine groups is 1. The molecule has 224 valence electrons. The van der Waals surface area contributed by atoms with E-state index in [1.807, 2.05) is 73.7 Å². The van der Waals surface area contributed by atoms with E-state index in [2.05, 4.69) is 92.4 Å². The lowest BCUT2D eigenvalue weighted by Crippen LogP contribution is -2.06. The van der Waals surface area contributed by atoms with Crippen LogP contribution in [0, 0.1) is 12.7 Å². The smallest absolute Gasteiger partial charge is 0.160 e. The summed E-state index contributed by atoms with van der Waals surface area (Å²) in [7, 11) is 0. The zero-order valence-electron chi connectivity index (χ0n) is 26.1. The number of halogens is 1. The van der Waals surface area contributed by atoms with Crippen molar-refractivity contribution in [3.05, 3.63) is 209 Å². The second kappa shape index (κ2) is 14.0. The zero-order chi connectivity index (χ0) is 31.9. The summed E-state index contributed by atoms with van der Waals surface area (Å²) >= 11 is 0. The lowest BCUT2D eigenvalue weighted by Gasteiger charge is -2.23. The van der Waals surface area contributed by atoms with Gasteiger partial charge >= 0.3 is 0 Å². The van der Waals surface area contributed by atoms with Crippen LogP contribution in [0.2, 0.25) is 0 Å². The Morgan fingerprint density at radius 1 is 0.565 bits per heavy atom. The Bertz CT molecular complexity index is 2010. The molecule has 0 aromatic heterocycles. The van der Waals surface area contributed by atoms with Crippen LogP contribution in [0.3, 0.4) is 0 Å². The zero-order valence-corrected chi connectivity index (χ0v) is 26.1. The van der Waals surface area contributed by atoms with Crippen molar-refractivity contribution in [3.63, 3.8) is 0 Å². The molecule has 0 fully saturated rings. The molecular formula is C43H35FN2. The standard InChI is InChI=1S/C43H35FN2/c1-30-29-37(32(3)46-43(36-19-11-6-12-20-36)45-31(2)33-15-7-4-8-16-33)25-28-39(30)40-21-13-14-22-41(40)42(34-17-9-5-10-18-34)35-23-26-38(44)27-24-35/h4-29,42H,3H2,1-2H3. The molecule has 0 aliphatic carbocycles. The maximum atomic E-state index is 13.9. The highest BCUT2D eigenvalue weighted by molar-refractivity contribution is 6.12. The van der Waals surface area contributed by atoms with Crippen molar-refractivity contribution in [2.24, 2.45) is 9.98 Å². The summed E-state index contributed by atoms with van der Waals surface area (Å²) in [5, 5.41) is 0. The predicted octanol–water partition coefficient (Wildman–Crippen LogP) is 10.9. The largest absolute Gasteiger partial charge is 0.233 e. The van der Waals surface area contributed by atoms with Crippen LogP contribution in [0.1, 0.15) is 51.8 Å². The second-order valence-electron chi connectivity index (χ2n) is 11.3. The number of hydrogen-bond acceptors (Lipinski definition) is 1. The topological polar surface area (TPSA) is 24.7 Å². The summed E-state index contributed by atoms with van der Waals surface area (Å²) < 4.78 is 13.9. The van der Waals surface area contributed by atoms with Crippen LogP contribution in [-0.4, -0.2) is 11.5 Å². The Morgan fingerprint density at radius 3 is 1.78 bits per heavy atom. The highest BCUT2D eigenvalue weighted by Gasteiger charge is 2.21. The lowest BCUT2D eigenvalue weighted by atomic mass is 9.80. The number of rotatable bonds is 8. The molecule has 0 saturated heterocycles. The van der Waals surface area contributed by atoms with Gasteiger partial charge in [0.2, 0.25) is 0 Å². The quantitative estimate of drug-likeness (QED) is 0.0946. The molecule has 3 heteroatoms. The van der Waals surface area contributed by atoms with Crippen molar-refractivity contribution in [3.8, 4) is 11.1 Å². The van der Waals surface area contributed by atoms with E-state index in [0.29, 0.717) is 11.5 Å². The maximum Gasteiger partial charge on any atom is 0.160 e. The number of nitrogens with zero attached hydrogens (tertiary/aromatic N) is 2. The van der Waals surface area contributed by atoms with Gasteiger partial charge in [-0.25, -0.2) is 14.4 Å². The normalized spacial score (nSPS) is 12.5. The third kappa shape index (κ3) is 6.85. The van der Waals surface area contributed by atoms with Gasteiger partial charge in [-0.1, -0.05) is 146 Å². The maximum absolute atomic E-state index is 13.9. The van der Waals surface area contributed by atoms with Gasteiger partial charge < -0.3 is 0 Å². The van der Waals surface area contributed by atoms with E-state index in [1.165, 1.54) is 12.1 Å². The van der Waals surface area contributed by atoms with Crippen molar-refractivity contribution in [1.29, 1.82) is 0 Å². The monoisotopic (exact) mass is 598 g/mol. The molecule has 1 atom stereocenters. The molecule has 6 aromatic rings. The fourth-order valence-electron chi connectivity index (χ4n) is 5.83. The molecule has 0 saturated carbocycles. The first-order valence-corrected chi connectivity index (χ1v) is 15.4. The molecule has 0 aliphatic heterocycles. The van der Waals surface area contributed by atoms with Gasteiger partial charge in [0.25, 0.3) is 0 Å². The lowest BCUT2D eigenvalue weighted by molar-refractivity contribution is 0.627. The van der Waals surface area contributed by atoms with Crippen LogP contribution < -0.4 is 0 Å². The van der Waals surface area contributed by atoms with E-state index in [-0.39, 0.29) is 11.7 Å². The second-order valence-corrected chi connectivity index (χ2v) is 11.3. The fourth-order valence-corrected chi connectivity index (χ4v) is 5.83. The third-order valence-corrected chi connectivity index (χ3v) is 8.20. The minimum Gasteiger partial charge on any atom is -0.233 e. The van der Waals surface area contributed by atoms with Gasteiger partial charge in [-0.05, 0) is 76.6 Å². The molecule has 1 unspecified atom stereocenters. The molecule has 0 radical (unpaired) electrons. The van der Waals surface area contributed by atoms with Gasteiger partial charge in [0.05, 0.1) is 5.70 Å². The first kappa shape index (κ1) is 30.4. The van der Waals surface area contributed by atoms with Crippen LogP contribution >= 0.6 is 0 Å². The number of benzene rings is 6. The first-order valence-electron chi connectivity index (χ1n) is 15.4. The van der Waals surface area contributed by atoms with E-state index >= 15 is 0 Å². The third-order valence-electron chi connectivity index (χ3n) is 8.20. The minimum absolute atomic E-state index is 0.0595. The Hall–Kier alpha value is -5.67. The van der Waals surface area contributed by atoms with Gasteiger partial charge in [-0.2, -0.15) is 0 Å². The van der Waals surface area contributed by atoms with E-state index in [9.17, 15) is 4.39 Å². The number of aliphatic imine (C=N–C) groups is 2. The summed E-state index contributed by atoms with van der Waals surface area (Å²) in [5.41, 5.74) is 11.1. The summed E-state index contributed by atoms with van der Waals surface area (Å²) in [4.78, 5) is 9.91. The van der Waals surface area contributed by atoms with Crippen molar-refractivity contribution in [1.82, 2.24) is 0 Å². The molecule has 6 aromatic carbocycles. The Kier molecular flexibility index (Phi) is 9.22. The molecular weight excluding hydrogens is 563 g/mol. The molecule has 2 nitrogen and oxygen atoms in total. The number of aryl methyl sites for hydroxylation is 1. The molecule has 0 N–H and O–H groups in total. The van der Waals surface area contributed by atoms with Crippen LogP contribution in [0.5, 0.6) is 0 Å². The summed E-state index contributed by atoms with van der Waals surface area (Å²) in [6.07, 6.45) is 0. The predicted molar refractivity (Wildman–Crippen MR) is 191 cm³/mol. The van der Waals surface area contributed by atoms with Gasteiger partial charge in [0, 0.05) is 17.2 Å². The molecule has 0 heterocycles. The van der Waals surface area contributed by atoms with E-state index in [0.717, 1.165) is 55.8 Å². The highest BCUT2D eigenvalue weighted by Crippen LogP contribution is 2.39. The van der Waals surface area contributed by atoms with Crippen LogP contribution in [0.25, 0.3) is 16.8 Å². The Labute approximate surface area is 271 Å². The molecule has 6 rings (SSSR count). The van der Waals surface area contributed by atoms with Crippen molar-refractivity contribution in [2.75, 3.05) is 0 Å². The molecule has 0 spiro atoms. The summed E-state index contributed by atoms with van der Waals surface area (Å²) in [5.74, 6) is 0.314. The average Bonchev–Trinajstić information content (AvgIpc) is 3.10. The van der Waals surface area contributed by atoms with E-state index in [4.69, 9.17) is 9.98 Å². The fraction of sp³-hybridized carbons (Fsp3) is 0.0698. The molecule has 0 aliphatic rings. The van der Waals surface area contributed by atoms with Crippen molar-refractivity contribution in [2.45, 2.75) is 19.8 Å². The van der Waals surface area contributed by atoms with E-state index in [1.54, 1.807) is 0 Å². The average molecular weight is 599 g/mol. The van der Waals surface area contributed by atoms with Crippen molar-refractivity contribution < 1.29 is 4.39 Å². The molecule has 0 bridgehead atoms. The van der Waals surface area contributed by atoms with E-state index < -0.39 is 0 Å². The number of hydrogen-bond donors (Lipinski definition) is 0. The Morgan fingerprint density at radius 2 is 1.13 bits per heavy atom. The summed E-state index contributed by atoms with van der Waals surface area (Å²) in [6, 6.07) is 52.2. The van der Waals surface area contributed by atoms with Gasteiger partial charge in [0.1, 0.15) is 5.82 Å². The van der Waals surface area contributed by atoms with Crippen LogP contribution in [-0.2, 0) is 0 Å².